The summed E-state index contributed by atoms with van der Waals surface area (Å²) in [6.45, 7) is 6.81. The van der Waals surface area contributed by atoms with Crippen molar-refractivity contribution in [2.24, 2.45) is 0 Å². The number of nitrogens with two attached hydrogens (primary N) is 1. The maximum Gasteiger partial charge on any atom is 0.410 e. The molecule has 3 aromatic rings. The highest BCUT2D eigenvalue weighted by molar-refractivity contribution is 5.98. The van der Waals surface area contributed by atoms with Gasteiger partial charge in [0.05, 0.1) is 11.4 Å². The minimum atomic E-state index is -0.523. The third kappa shape index (κ3) is 3.87. The molecule has 1 amide bonds. The first-order valence-corrected chi connectivity index (χ1v) is 9.85. The summed E-state index contributed by atoms with van der Waals surface area (Å²) in [4.78, 5) is 22.9. The van der Waals surface area contributed by atoms with Gasteiger partial charge in [-0.15, -0.1) is 0 Å². The Balaban J connectivity index is 1.71. The second-order valence-electron chi connectivity index (χ2n) is 8.34. The average Bonchev–Trinajstić information content (AvgIpc) is 3.09. The van der Waals surface area contributed by atoms with E-state index >= 15 is 0 Å². The predicted molar refractivity (Wildman–Crippen MR) is 111 cm³/mol. The van der Waals surface area contributed by atoms with Crippen LogP contribution >= 0.6 is 0 Å². The Labute approximate surface area is 169 Å². The van der Waals surface area contributed by atoms with Crippen LogP contribution in [0.1, 0.15) is 39.7 Å². The van der Waals surface area contributed by atoms with E-state index in [1.807, 2.05) is 55.8 Å². The Morgan fingerprint density at radius 2 is 1.97 bits per heavy atom. The van der Waals surface area contributed by atoms with Crippen molar-refractivity contribution in [3.8, 4) is 11.3 Å². The minimum absolute atomic E-state index is 0.00877. The van der Waals surface area contributed by atoms with Gasteiger partial charge in [0.2, 0.25) is 0 Å². The number of nitrogens with zero attached hydrogens (tertiary/aromatic N) is 5. The Morgan fingerprint density at radius 3 is 2.69 bits per heavy atom. The lowest BCUT2D eigenvalue weighted by Gasteiger charge is -2.34. The highest BCUT2D eigenvalue weighted by atomic mass is 16.6. The average molecular weight is 394 g/mol. The number of amides is 1. The molecular weight excluding hydrogens is 368 g/mol. The number of carbonyl (C=O) groups is 1. The number of carbonyl (C=O) groups excluding carboxylic acids is 1. The lowest BCUT2D eigenvalue weighted by Crippen LogP contribution is -2.43. The quantitative estimate of drug-likeness (QED) is 0.712. The van der Waals surface area contributed by atoms with Crippen LogP contribution in [0.4, 0.5) is 10.6 Å². The SMILES string of the molecule is CC(C)(C)OC(=O)N1CCCC(n2nc(-c3ccccc3)c3c(N)ncnc32)C1. The molecule has 0 aliphatic carbocycles. The zero-order valence-corrected chi connectivity index (χ0v) is 17.0. The van der Waals surface area contributed by atoms with Crippen molar-refractivity contribution < 1.29 is 9.53 Å². The van der Waals surface area contributed by atoms with E-state index < -0.39 is 5.60 Å². The van der Waals surface area contributed by atoms with Gasteiger partial charge in [-0.3, -0.25) is 0 Å². The third-order valence-electron chi connectivity index (χ3n) is 4.96. The van der Waals surface area contributed by atoms with Crippen molar-refractivity contribution in [1.29, 1.82) is 0 Å². The summed E-state index contributed by atoms with van der Waals surface area (Å²) in [6.07, 6.45) is 2.93. The summed E-state index contributed by atoms with van der Waals surface area (Å²) in [6, 6.07) is 9.86. The molecule has 1 saturated heterocycles. The maximum atomic E-state index is 12.6. The maximum absolute atomic E-state index is 12.6. The van der Waals surface area contributed by atoms with Crippen molar-refractivity contribution in [2.45, 2.75) is 45.3 Å². The Kier molecular flexibility index (Phi) is 4.86. The van der Waals surface area contributed by atoms with Gasteiger partial charge in [-0.1, -0.05) is 30.3 Å². The van der Waals surface area contributed by atoms with Crippen molar-refractivity contribution in [1.82, 2.24) is 24.6 Å². The molecule has 3 heterocycles. The number of hydrogen-bond acceptors (Lipinski definition) is 6. The highest BCUT2D eigenvalue weighted by Gasteiger charge is 2.31. The third-order valence-corrected chi connectivity index (χ3v) is 4.96. The zero-order valence-electron chi connectivity index (χ0n) is 17.0. The first-order valence-electron chi connectivity index (χ1n) is 9.85. The standard InChI is InChI=1S/C21H26N6O2/c1-21(2,3)29-20(28)26-11-7-10-15(12-26)27-19-16(18(22)23-13-24-19)17(25-27)14-8-5-4-6-9-14/h4-6,8-9,13,15H,7,10-12H2,1-3H3,(H2,22,23,24). The summed E-state index contributed by atoms with van der Waals surface area (Å²) in [5.41, 5.74) is 8.07. The molecule has 8 heteroatoms. The van der Waals surface area contributed by atoms with Crippen LogP contribution in [0.25, 0.3) is 22.3 Å². The van der Waals surface area contributed by atoms with Crippen molar-refractivity contribution >= 4 is 22.9 Å². The summed E-state index contributed by atoms with van der Waals surface area (Å²) in [5.74, 6) is 0.403. The van der Waals surface area contributed by atoms with Crippen LogP contribution in [-0.4, -0.2) is 49.4 Å². The van der Waals surface area contributed by atoms with E-state index in [-0.39, 0.29) is 12.1 Å². The first-order chi connectivity index (χ1) is 13.8. The van der Waals surface area contributed by atoms with E-state index in [2.05, 4.69) is 9.97 Å². The lowest BCUT2D eigenvalue weighted by molar-refractivity contribution is 0.0169. The van der Waals surface area contributed by atoms with Gasteiger partial charge in [-0.05, 0) is 33.6 Å². The van der Waals surface area contributed by atoms with Crippen molar-refractivity contribution in [2.75, 3.05) is 18.8 Å². The van der Waals surface area contributed by atoms with Crippen molar-refractivity contribution in [3.63, 3.8) is 0 Å². The fraction of sp³-hybridized carbons (Fsp3) is 0.429. The van der Waals surface area contributed by atoms with Gasteiger partial charge < -0.3 is 15.4 Å². The number of aromatic nitrogens is 4. The first kappa shape index (κ1) is 19.2. The number of hydrogen-bond donors (Lipinski definition) is 1. The predicted octanol–water partition coefficient (Wildman–Crippen LogP) is 3.65. The van der Waals surface area contributed by atoms with E-state index in [9.17, 15) is 4.79 Å². The van der Waals surface area contributed by atoms with Gasteiger partial charge in [0.1, 0.15) is 23.4 Å². The van der Waals surface area contributed by atoms with E-state index in [0.717, 1.165) is 29.5 Å². The van der Waals surface area contributed by atoms with Gasteiger partial charge >= 0.3 is 6.09 Å². The number of piperidine rings is 1. The molecule has 0 radical (unpaired) electrons. The van der Waals surface area contributed by atoms with Gasteiger partial charge in [0, 0.05) is 18.7 Å². The summed E-state index contributed by atoms with van der Waals surface area (Å²) >= 11 is 0. The highest BCUT2D eigenvalue weighted by Crippen LogP contribution is 2.33. The number of likely N-dealkylation sites (tertiary alicyclic amines) is 1. The molecule has 0 spiro atoms. The lowest BCUT2D eigenvalue weighted by atomic mass is 10.1. The van der Waals surface area contributed by atoms with Crippen LogP contribution in [0.2, 0.25) is 0 Å². The number of fused-ring (bicyclic) bond motifs is 1. The van der Waals surface area contributed by atoms with Crippen LogP contribution in [-0.2, 0) is 4.74 Å². The number of ether oxygens (including phenoxy) is 1. The normalized spacial score (nSPS) is 17.5. The molecule has 4 rings (SSSR count). The molecule has 1 unspecified atom stereocenters. The van der Waals surface area contributed by atoms with E-state index in [1.54, 1.807) is 4.90 Å². The zero-order chi connectivity index (χ0) is 20.6. The fourth-order valence-electron chi connectivity index (χ4n) is 3.69. The van der Waals surface area contributed by atoms with Crippen LogP contribution in [0.3, 0.4) is 0 Å². The summed E-state index contributed by atoms with van der Waals surface area (Å²) in [7, 11) is 0. The molecule has 0 saturated carbocycles. The summed E-state index contributed by atoms with van der Waals surface area (Å²) in [5, 5.41) is 5.61. The molecule has 1 aliphatic rings. The number of rotatable bonds is 2. The Morgan fingerprint density at radius 1 is 1.21 bits per heavy atom. The van der Waals surface area contributed by atoms with E-state index in [0.29, 0.717) is 24.6 Å². The minimum Gasteiger partial charge on any atom is -0.444 e. The van der Waals surface area contributed by atoms with Gasteiger partial charge in [0.25, 0.3) is 0 Å². The molecule has 8 nitrogen and oxygen atoms in total. The smallest absolute Gasteiger partial charge is 0.410 e. The molecule has 2 aromatic heterocycles. The molecule has 1 aliphatic heterocycles. The second-order valence-corrected chi connectivity index (χ2v) is 8.34. The summed E-state index contributed by atoms with van der Waals surface area (Å²) < 4.78 is 7.45. The molecular formula is C21H26N6O2. The van der Waals surface area contributed by atoms with Crippen LogP contribution in [0.5, 0.6) is 0 Å². The number of nitrogen functional groups attached to an aromatic ring is 1. The molecule has 1 aromatic carbocycles. The van der Waals surface area contributed by atoms with Crippen molar-refractivity contribution in [3.05, 3.63) is 36.7 Å². The van der Waals surface area contributed by atoms with E-state index in [4.69, 9.17) is 15.6 Å². The molecule has 29 heavy (non-hydrogen) atoms. The topological polar surface area (TPSA) is 99.2 Å². The van der Waals surface area contributed by atoms with Gasteiger partial charge in [-0.2, -0.15) is 5.10 Å². The molecule has 2 N–H and O–H groups in total. The van der Waals surface area contributed by atoms with Gasteiger partial charge in [-0.25, -0.2) is 19.4 Å². The number of benzene rings is 1. The van der Waals surface area contributed by atoms with Gasteiger partial charge in [0.15, 0.2) is 5.65 Å². The molecule has 1 fully saturated rings. The molecule has 0 bridgehead atoms. The van der Waals surface area contributed by atoms with Crippen LogP contribution in [0.15, 0.2) is 36.7 Å². The van der Waals surface area contributed by atoms with Crippen LogP contribution < -0.4 is 5.73 Å². The molecule has 1 atom stereocenters. The fourth-order valence-corrected chi connectivity index (χ4v) is 3.69. The van der Waals surface area contributed by atoms with E-state index in [1.165, 1.54) is 6.33 Å². The largest absolute Gasteiger partial charge is 0.444 e. The Bertz CT molecular complexity index is 1020. The molecule has 152 valence electrons. The second kappa shape index (κ2) is 7.35. The Hall–Kier alpha value is -3.16. The monoisotopic (exact) mass is 394 g/mol. The van der Waals surface area contributed by atoms with Crippen LogP contribution in [0, 0.1) is 0 Å². The number of anilines is 1.